The predicted octanol–water partition coefficient (Wildman–Crippen LogP) is 2.05. The number of benzene rings is 1. The highest BCUT2D eigenvalue weighted by Crippen LogP contribution is 2.30. The van der Waals surface area contributed by atoms with Gasteiger partial charge >= 0.3 is 0 Å². The van der Waals surface area contributed by atoms with Crippen molar-refractivity contribution in [1.82, 2.24) is 15.0 Å². The molecule has 1 aliphatic heterocycles. The highest BCUT2D eigenvalue weighted by atomic mass is 127. The first-order valence-corrected chi connectivity index (χ1v) is 7.34. The molecule has 2 aromatic rings. The van der Waals surface area contributed by atoms with Crippen LogP contribution in [-0.4, -0.2) is 46.9 Å². The standard InChI is InChI=1S/C13H14IN3O3/c1-17-4-5-19-11(7-17)12-15-13(20-16-12)9-6-8(14)2-3-10(9)18/h2-3,6,11,18H,4-5,7H2,1H3. The summed E-state index contributed by atoms with van der Waals surface area (Å²) in [5, 5.41) is 13.8. The number of ether oxygens (including phenoxy) is 1. The van der Waals surface area contributed by atoms with Crippen LogP contribution in [0.15, 0.2) is 22.7 Å². The van der Waals surface area contributed by atoms with Gasteiger partial charge in [0.2, 0.25) is 5.82 Å². The minimum atomic E-state index is -0.184. The number of aromatic hydroxyl groups is 1. The minimum Gasteiger partial charge on any atom is -0.507 e. The normalized spacial score (nSPS) is 20.2. The molecule has 1 aromatic heterocycles. The van der Waals surface area contributed by atoms with Crippen LogP contribution in [0.1, 0.15) is 11.9 Å². The molecule has 0 saturated carbocycles. The second kappa shape index (κ2) is 5.66. The summed E-state index contributed by atoms with van der Waals surface area (Å²) in [5.74, 6) is 0.958. The highest BCUT2D eigenvalue weighted by Gasteiger charge is 2.25. The summed E-state index contributed by atoms with van der Waals surface area (Å²) in [7, 11) is 2.03. The summed E-state index contributed by atoms with van der Waals surface area (Å²) < 4.78 is 11.9. The van der Waals surface area contributed by atoms with Gasteiger partial charge in [-0.05, 0) is 47.8 Å². The second-order valence-corrected chi connectivity index (χ2v) is 5.99. The largest absolute Gasteiger partial charge is 0.507 e. The molecule has 0 aliphatic carbocycles. The smallest absolute Gasteiger partial charge is 0.261 e. The van der Waals surface area contributed by atoms with Crippen molar-refractivity contribution in [3.8, 4) is 17.2 Å². The first kappa shape index (κ1) is 13.8. The molecule has 1 atom stereocenters. The Hall–Kier alpha value is -1.19. The van der Waals surface area contributed by atoms with Crippen molar-refractivity contribution in [2.24, 2.45) is 0 Å². The van der Waals surface area contributed by atoms with Crippen LogP contribution in [0, 0.1) is 3.57 Å². The van der Waals surface area contributed by atoms with Crippen molar-refractivity contribution >= 4 is 22.6 Å². The second-order valence-electron chi connectivity index (χ2n) is 4.74. The first-order valence-electron chi connectivity index (χ1n) is 6.26. The maximum Gasteiger partial charge on any atom is 0.261 e. The van der Waals surface area contributed by atoms with Crippen molar-refractivity contribution in [2.75, 3.05) is 26.7 Å². The molecule has 0 bridgehead atoms. The van der Waals surface area contributed by atoms with Crippen LogP contribution in [-0.2, 0) is 4.74 Å². The molecule has 1 unspecified atom stereocenters. The maximum atomic E-state index is 9.88. The van der Waals surface area contributed by atoms with Crippen molar-refractivity contribution in [2.45, 2.75) is 6.10 Å². The zero-order chi connectivity index (χ0) is 14.1. The summed E-state index contributed by atoms with van der Waals surface area (Å²) in [6, 6.07) is 5.24. The molecule has 3 rings (SSSR count). The van der Waals surface area contributed by atoms with E-state index in [1.54, 1.807) is 12.1 Å². The number of aromatic nitrogens is 2. The van der Waals surface area contributed by atoms with Crippen LogP contribution in [0.5, 0.6) is 5.75 Å². The van der Waals surface area contributed by atoms with Gasteiger partial charge < -0.3 is 19.3 Å². The molecule has 1 aromatic carbocycles. The van der Waals surface area contributed by atoms with Crippen molar-refractivity contribution in [3.63, 3.8) is 0 Å². The molecule has 0 radical (unpaired) electrons. The molecular weight excluding hydrogens is 373 g/mol. The number of hydrogen-bond acceptors (Lipinski definition) is 6. The van der Waals surface area contributed by atoms with Gasteiger partial charge in [0.1, 0.15) is 11.9 Å². The average molecular weight is 387 g/mol. The van der Waals surface area contributed by atoms with E-state index in [1.165, 1.54) is 0 Å². The Labute approximate surface area is 129 Å². The summed E-state index contributed by atoms with van der Waals surface area (Å²) in [4.78, 5) is 6.51. The number of hydrogen-bond donors (Lipinski definition) is 1. The number of nitrogens with zero attached hydrogens (tertiary/aromatic N) is 3. The molecule has 1 N–H and O–H groups in total. The lowest BCUT2D eigenvalue weighted by Gasteiger charge is -2.27. The third-order valence-corrected chi connectivity index (χ3v) is 3.86. The SMILES string of the molecule is CN1CCOC(c2noc(-c3cc(I)ccc3O)n2)C1. The Kier molecular flexibility index (Phi) is 3.90. The lowest BCUT2D eigenvalue weighted by molar-refractivity contribution is -0.0264. The van der Waals surface area contributed by atoms with Crippen molar-refractivity contribution < 1.29 is 14.4 Å². The molecule has 106 valence electrons. The van der Waals surface area contributed by atoms with Gasteiger partial charge in [-0.25, -0.2) is 0 Å². The Morgan fingerprint density at radius 2 is 2.30 bits per heavy atom. The van der Waals surface area contributed by atoms with E-state index in [9.17, 15) is 5.11 Å². The first-order chi connectivity index (χ1) is 9.63. The topological polar surface area (TPSA) is 71.6 Å². The third kappa shape index (κ3) is 2.79. The number of phenolic OH excluding ortho intramolecular Hbond substituents is 1. The van der Waals surface area contributed by atoms with Crippen LogP contribution >= 0.6 is 22.6 Å². The average Bonchev–Trinajstić information content (AvgIpc) is 2.91. The Morgan fingerprint density at radius 1 is 1.45 bits per heavy atom. The predicted molar refractivity (Wildman–Crippen MR) is 80.3 cm³/mol. The van der Waals surface area contributed by atoms with Gasteiger partial charge in [-0.1, -0.05) is 5.16 Å². The van der Waals surface area contributed by atoms with E-state index >= 15 is 0 Å². The van der Waals surface area contributed by atoms with E-state index in [-0.39, 0.29) is 11.9 Å². The number of morpholine rings is 1. The van der Waals surface area contributed by atoms with E-state index in [4.69, 9.17) is 9.26 Å². The molecule has 2 heterocycles. The lowest BCUT2D eigenvalue weighted by Crippen LogP contribution is -2.35. The highest BCUT2D eigenvalue weighted by molar-refractivity contribution is 14.1. The summed E-state index contributed by atoms with van der Waals surface area (Å²) >= 11 is 2.17. The number of halogens is 1. The van der Waals surface area contributed by atoms with Gasteiger partial charge in [0.05, 0.1) is 12.2 Å². The molecule has 0 spiro atoms. The van der Waals surface area contributed by atoms with Crippen LogP contribution < -0.4 is 0 Å². The molecular formula is C13H14IN3O3. The Balaban J connectivity index is 1.88. The van der Waals surface area contributed by atoms with E-state index < -0.39 is 0 Å². The van der Waals surface area contributed by atoms with Gasteiger partial charge in [0.15, 0.2) is 0 Å². The molecule has 6 nitrogen and oxygen atoms in total. The molecule has 1 fully saturated rings. The van der Waals surface area contributed by atoms with Crippen molar-refractivity contribution in [3.05, 3.63) is 27.6 Å². The fourth-order valence-electron chi connectivity index (χ4n) is 2.09. The zero-order valence-corrected chi connectivity index (χ0v) is 13.1. The Morgan fingerprint density at radius 3 is 3.10 bits per heavy atom. The Bertz CT molecular complexity index is 617. The van der Waals surface area contributed by atoms with Crippen molar-refractivity contribution in [1.29, 1.82) is 0 Å². The summed E-state index contributed by atoms with van der Waals surface area (Å²) in [6.07, 6.45) is -0.184. The molecule has 1 aliphatic rings. The van der Waals surface area contributed by atoms with Crippen LogP contribution in [0.25, 0.3) is 11.5 Å². The van der Waals surface area contributed by atoms with E-state index in [0.717, 1.165) is 16.7 Å². The van der Waals surface area contributed by atoms with E-state index in [0.29, 0.717) is 23.9 Å². The monoisotopic (exact) mass is 387 g/mol. The van der Waals surface area contributed by atoms with Crippen LogP contribution in [0.3, 0.4) is 0 Å². The quantitative estimate of drug-likeness (QED) is 0.796. The van der Waals surface area contributed by atoms with Crippen LogP contribution in [0.4, 0.5) is 0 Å². The summed E-state index contributed by atoms with van der Waals surface area (Å²) in [5.41, 5.74) is 0.541. The molecule has 20 heavy (non-hydrogen) atoms. The fraction of sp³-hybridized carbons (Fsp3) is 0.385. The molecule has 1 saturated heterocycles. The van der Waals surface area contributed by atoms with Gasteiger partial charge in [-0.15, -0.1) is 0 Å². The summed E-state index contributed by atoms with van der Waals surface area (Å²) in [6.45, 7) is 2.29. The van der Waals surface area contributed by atoms with Crippen LogP contribution in [0.2, 0.25) is 0 Å². The maximum absolute atomic E-state index is 9.88. The van der Waals surface area contributed by atoms with Gasteiger partial charge in [0, 0.05) is 16.7 Å². The minimum absolute atomic E-state index is 0.127. The third-order valence-electron chi connectivity index (χ3n) is 3.19. The fourth-order valence-corrected chi connectivity index (χ4v) is 2.58. The van der Waals surface area contributed by atoms with Gasteiger partial charge in [-0.2, -0.15) is 4.98 Å². The van der Waals surface area contributed by atoms with E-state index in [1.807, 2.05) is 13.1 Å². The molecule has 0 amide bonds. The number of likely N-dealkylation sites (N-methyl/N-ethyl adjacent to an activating group) is 1. The number of rotatable bonds is 2. The lowest BCUT2D eigenvalue weighted by atomic mass is 10.2. The zero-order valence-electron chi connectivity index (χ0n) is 10.9. The van der Waals surface area contributed by atoms with Gasteiger partial charge in [-0.3, -0.25) is 0 Å². The number of phenols is 1. The van der Waals surface area contributed by atoms with Gasteiger partial charge in [0.25, 0.3) is 5.89 Å². The van der Waals surface area contributed by atoms with E-state index in [2.05, 4.69) is 37.6 Å². The molecule has 7 heteroatoms.